The summed E-state index contributed by atoms with van der Waals surface area (Å²) in [4.78, 5) is 24.0. The Bertz CT molecular complexity index is 1280. The quantitative estimate of drug-likeness (QED) is 0.337. The molecule has 0 atom stereocenters. The van der Waals surface area contributed by atoms with E-state index in [1.165, 1.54) is 19.3 Å². The van der Waals surface area contributed by atoms with Crippen LogP contribution in [0.2, 0.25) is 0 Å². The average Bonchev–Trinajstić information content (AvgIpc) is 3.28. The molecule has 0 saturated carbocycles. The van der Waals surface area contributed by atoms with Crippen molar-refractivity contribution in [3.8, 4) is 0 Å². The number of hydrogen-bond donors (Lipinski definition) is 2. The van der Waals surface area contributed by atoms with Crippen molar-refractivity contribution in [2.24, 2.45) is 0 Å². The molecule has 2 heterocycles. The molecule has 36 heavy (non-hydrogen) atoms. The second-order valence-electron chi connectivity index (χ2n) is 9.69. The number of halogens is 1. The SMILES string of the molecule is CC1=Cc2c(ccc(Nc3ccnc(Nc4cccc(C(=O)CCCN5CCCCC5)c4)n3)c2F)C1. The summed E-state index contributed by atoms with van der Waals surface area (Å²) in [5.74, 6) is 0.717. The third-order valence-electron chi connectivity index (χ3n) is 6.82. The van der Waals surface area contributed by atoms with Gasteiger partial charge in [0.1, 0.15) is 5.82 Å². The van der Waals surface area contributed by atoms with Crippen molar-refractivity contribution in [2.45, 2.75) is 45.4 Å². The van der Waals surface area contributed by atoms with Gasteiger partial charge in [0.15, 0.2) is 11.6 Å². The summed E-state index contributed by atoms with van der Waals surface area (Å²) in [5, 5.41) is 6.24. The van der Waals surface area contributed by atoms with Crippen LogP contribution in [0.5, 0.6) is 0 Å². The molecule has 5 rings (SSSR count). The van der Waals surface area contributed by atoms with Crippen LogP contribution in [0.25, 0.3) is 6.08 Å². The third kappa shape index (κ3) is 5.79. The number of fused-ring (bicyclic) bond motifs is 1. The van der Waals surface area contributed by atoms with Crippen molar-refractivity contribution in [1.29, 1.82) is 0 Å². The summed E-state index contributed by atoms with van der Waals surface area (Å²) in [5.41, 5.74) is 4.58. The zero-order valence-corrected chi connectivity index (χ0v) is 20.7. The number of aromatic nitrogens is 2. The lowest BCUT2D eigenvalue weighted by atomic mass is 10.0. The largest absolute Gasteiger partial charge is 0.338 e. The van der Waals surface area contributed by atoms with Crippen LogP contribution in [0, 0.1) is 5.82 Å². The summed E-state index contributed by atoms with van der Waals surface area (Å²) >= 11 is 0. The number of likely N-dealkylation sites (tertiary alicyclic amines) is 1. The molecule has 1 fully saturated rings. The standard InChI is InChI=1S/C29H32FN5O/c1-20-17-21-10-11-25(28(30)24(21)18-20)33-27-12-13-31-29(34-27)32-23-8-5-7-22(19-23)26(36)9-6-16-35-14-3-2-4-15-35/h5,7-8,10-13,18-19H,2-4,6,9,14-17H2,1H3,(H2,31,32,33,34). The molecule has 0 bridgehead atoms. The third-order valence-corrected chi connectivity index (χ3v) is 6.82. The minimum Gasteiger partial charge on any atom is -0.338 e. The van der Waals surface area contributed by atoms with Crippen molar-refractivity contribution in [2.75, 3.05) is 30.3 Å². The Balaban J connectivity index is 1.21. The van der Waals surface area contributed by atoms with Crippen LogP contribution in [-0.2, 0) is 6.42 Å². The Morgan fingerprint density at radius 1 is 1.08 bits per heavy atom. The van der Waals surface area contributed by atoms with Crippen LogP contribution in [0.3, 0.4) is 0 Å². The van der Waals surface area contributed by atoms with Crippen molar-refractivity contribution in [3.63, 3.8) is 0 Å². The highest BCUT2D eigenvalue weighted by atomic mass is 19.1. The van der Waals surface area contributed by atoms with Crippen molar-refractivity contribution >= 4 is 35.0 Å². The molecule has 2 aliphatic rings. The van der Waals surface area contributed by atoms with Gasteiger partial charge in [-0.3, -0.25) is 4.79 Å². The predicted molar refractivity (Wildman–Crippen MR) is 143 cm³/mol. The topological polar surface area (TPSA) is 70.2 Å². The average molecular weight is 486 g/mol. The number of benzene rings is 2. The van der Waals surface area contributed by atoms with Crippen molar-refractivity contribution in [1.82, 2.24) is 14.9 Å². The molecule has 1 saturated heterocycles. The highest BCUT2D eigenvalue weighted by Crippen LogP contribution is 2.32. The lowest BCUT2D eigenvalue weighted by Crippen LogP contribution is -2.30. The number of rotatable bonds is 9. The van der Waals surface area contributed by atoms with E-state index in [9.17, 15) is 9.18 Å². The van der Waals surface area contributed by atoms with Crippen LogP contribution in [0.1, 0.15) is 60.5 Å². The van der Waals surface area contributed by atoms with Gasteiger partial charge in [-0.25, -0.2) is 9.37 Å². The highest BCUT2D eigenvalue weighted by Gasteiger charge is 2.17. The zero-order chi connectivity index (χ0) is 24.9. The molecule has 1 aliphatic heterocycles. The van der Waals surface area contributed by atoms with E-state index in [0.29, 0.717) is 35.0 Å². The van der Waals surface area contributed by atoms with Gasteiger partial charge in [-0.2, -0.15) is 4.98 Å². The molecule has 7 heteroatoms. The van der Waals surface area contributed by atoms with Crippen LogP contribution < -0.4 is 10.6 Å². The Morgan fingerprint density at radius 3 is 2.81 bits per heavy atom. The molecule has 6 nitrogen and oxygen atoms in total. The second kappa shape index (κ2) is 11.0. The summed E-state index contributed by atoms with van der Waals surface area (Å²) < 4.78 is 15.0. The lowest BCUT2D eigenvalue weighted by Gasteiger charge is -2.26. The number of carbonyl (C=O) groups excluding carboxylic acids is 1. The molecule has 3 aromatic rings. The first-order valence-corrected chi connectivity index (χ1v) is 12.8. The first-order chi connectivity index (χ1) is 17.5. The van der Waals surface area contributed by atoms with Gasteiger partial charge in [-0.15, -0.1) is 0 Å². The minimum atomic E-state index is -0.274. The van der Waals surface area contributed by atoms with E-state index in [4.69, 9.17) is 0 Å². The van der Waals surface area contributed by atoms with Crippen LogP contribution >= 0.6 is 0 Å². The summed E-state index contributed by atoms with van der Waals surface area (Å²) in [6.45, 7) is 5.29. The van der Waals surface area contributed by atoms with Gasteiger partial charge < -0.3 is 15.5 Å². The number of nitrogens with zero attached hydrogens (tertiary/aromatic N) is 3. The van der Waals surface area contributed by atoms with Gasteiger partial charge in [-0.05, 0) is 82.1 Å². The molecule has 2 aromatic carbocycles. The monoisotopic (exact) mass is 485 g/mol. The smallest absolute Gasteiger partial charge is 0.229 e. The number of Topliss-reactive ketones (excluding diaryl/α,β-unsaturated/α-hetero) is 1. The second-order valence-corrected chi connectivity index (χ2v) is 9.69. The molecule has 1 aromatic heterocycles. The predicted octanol–water partition coefficient (Wildman–Crippen LogP) is 6.51. The number of hydrogen-bond acceptors (Lipinski definition) is 6. The Hall–Kier alpha value is -3.58. The van der Waals surface area contributed by atoms with E-state index in [2.05, 4.69) is 25.5 Å². The maximum absolute atomic E-state index is 15.0. The van der Waals surface area contributed by atoms with Gasteiger partial charge in [0.05, 0.1) is 5.69 Å². The van der Waals surface area contributed by atoms with E-state index in [0.717, 1.165) is 49.3 Å². The molecule has 1 aliphatic carbocycles. The molecule has 186 valence electrons. The molecule has 0 amide bonds. The van der Waals surface area contributed by atoms with E-state index < -0.39 is 0 Å². The number of anilines is 4. The first kappa shape index (κ1) is 24.1. The van der Waals surface area contributed by atoms with Gasteiger partial charge in [0.25, 0.3) is 0 Å². The Morgan fingerprint density at radius 2 is 1.94 bits per heavy atom. The number of piperidine rings is 1. The fourth-order valence-electron chi connectivity index (χ4n) is 4.95. The van der Waals surface area contributed by atoms with Crippen LogP contribution in [0.4, 0.5) is 27.5 Å². The number of allylic oxidation sites excluding steroid dienone is 1. The van der Waals surface area contributed by atoms with Crippen LogP contribution in [-0.4, -0.2) is 40.3 Å². The zero-order valence-electron chi connectivity index (χ0n) is 20.7. The molecule has 0 radical (unpaired) electrons. The fourth-order valence-corrected chi connectivity index (χ4v) is 4.95. The molecular formula is C29H32FN5O. The van der Waals surface area contributed by atoms with E-state index in [1.54, 1.807) is 18.3 Å². The summed E-state index contributed by atoms with van der Waals surface area (Å²) in [6.07, 6.45) is 9.56. The number of carbonyl (C=O) groups is 1. The Kier molecular flexibility index (Phi) is 7.37. The normalized spacial score (nSPS) is 15.3. The molecule has 2 N–H and O–H groups in total. The van der Waals surface area contributed by atoms with E-state index >= 15 is 0 Å². The van der Waals surface area contributed by atoms with Crippen LogP contribution in [0.15, 0.2) is 54.2 Å². The van der Waals surface area contributed by atoms with Crippen molar-refractivity contribution in [3.05, 3.63) is 76.7 Å². The minimum absolute atomic E-state index is 0.142. The lowest BCUT2D eigenvalue weighted by molar-refractivity contribution is 0.0973. The molecular weight excluding hydrogens is 453 g/mol. The van der Waals surface area contributed by atoms with Gasteiger partial charge in [0.2, 0.25) is 5.95 Å². The first-order valence-electron chi connectivity index (χ1n) is 12.8. The van der Waals surface area contributed by atoms with Crippen molar-refractivity contribution < 1.29 is 9.18 Å². The van der Waals surface area contributed by atoms with Gasteiger partial charge in [0, 0.05) is 29.4 Å². The van der Waals surface area contributed by atoms with E-state index in [-0.39, 0.29) is 11.6 Å². The maximum atomic E-state index is 15.0. The summed E-state index contributed by atoms with van der Waals surface area (Å²) in [7, 11) is 0. The number of nitrogens with one attached hydrogen (secondary N) is 2. The fraction of sp³-hybridized carbons (Fsp3) is 0.345. The van der Waals surface area contributed by atoms with Gasteiger partial charge in [-0.1, -0.05) is 36.3 Å². The van der Waals surface area contributed by atoms with Gasteiger partial charge >= 0.3 is 0 Å². The highest BCUT2D eigenvalue weighted by molar-refractivity contribution is 5.97. The molecule has 0 unspecified atom stereocenters. The van der Waals surface area contributed by atoms with E-state index in [1.807, 2.05) is 43.3 Å². The Labute approximate surface area is 211 Å². The summed E-state index contributed by atoms with van der Waals surface area (Å²) in [6, 6.07) is 12.8. The molecule has 0 spiro atoms. The maximum Gasteiger partial charge on any atom is 0.229 e. The number of ketones is 1.